The van der Waals surface area contributed by atoms with Gasteiger partial charge in [0.2, 0.25) is 0 Å². The van der Waals surface area contributed by atoms with Crippen molar-refractivity contribution >= 4 is 47.6 Å². The van der Waals surface area contributed by atoms with Gasteiger partial charge in [0.25, 0.3) is 10.0 Å². The summed E-state index contributed by atoms with van der Waals surface area (Å²) in [5, 5.41) is 0. The quantitative estimate of drug-likeness (QED) is 0.696. The summed E-state index contributed by atoms with van der Waals surface area (Å²) >= 11 is 6.51. The van der Waals surface area contributed by atoms with Crippen molar-refractivity contribution in [3.05, 3.63) is 58.3 Å². The van der Waals surface area contributed by atoms with Gasteiger partial charge in [0, 0.05) is 9.30 Å². The molecule has 112 valence electrons. The predicted octanol–water partition coefficient (Wildman–Crippen LogP) is 4.84. The van der Waals surface area contributed by atoms with Crippen molar-refractivity contribution in [3.63, 3.8) is 0 Å². The highest BCUT2D eigenvalue weighted by atomic mass is 79.9. The molecule has 2 aromatic carbocycles. The number of rotatable bonds is 4. The van der Waals surface area contributed by atoms with Gasteiger partial charge in [-0.05, 0) is 36.8 Å². The molecule has 3 nitrogen and oxygen atoms in total. The molecule has 0 radical (unpaired) electrons. The summed E-state index contributed by atoms with van der Waals surface area (Å²) in [7, 11) is -3.98. The molecule has 0 amide bonds. The molecule has 0 spiro atoms. The van der Waals surface area contributed by atoms with Crippen LogP contribution < -0.4 is 4.72 Å². The average molecular weight is 437 g/mol. The zero-order valence-corrected chi connectivity index (χ0v) is 15.0. The van der Waals surface area contributed by atoms with E-state index in [9.17, 15) is 12.8 Å². The molecule has 2 rings (SSSR count). The fourth-order valence-corrected chi connectivity index (χ4v) is 3.71. The second-order valence-electron chi connectivity index (χ2n) is 4.38. The number of anilines is 1. The normalized spacial score (nSPS) is 13.0. The number of hydrogen-bond donors (Lipinski definition) is 1. The molecule has 0 aromatic heterocycles. The molecule has 2 aromatic rings. The Morgan fingerprint density at radius 1 is 1.19 bits per heavy atom. The lowest BCUT2D eigenvalue weighted by Crippen LogP contribution is -2.15. The largest absolute Gasteiger partial charge is 0.279 e. The summed E-state index contributed by atoms with van der Waals surface area (Å²) in [6.07, 6.45) is 0. The van der Waals surface area contributed by atoms with E-state index in [1.54, 1.807) is 18.2 Å². The van der Waals surface area contributed by atoms with Crippen LogP contribution in [-0.4, -0.2) is 8.42 Å². The van der Waals surface area contributed by atoms with Crippen molar-refractivity contribution in [1.29, 1.82) is 0 Å². The van der Waals surface area contributed by atoms with Gasteiger partial charge in [0.1, 0.15) is 10.7 Å². The first-order valence-corrected chi connectivity index (χ1v) is 9.21. The van der Waals surface area contributed by atoms with Crippen molar-refractivity contribution < 1.29 is 12.8 Å². The lowest BCUT2D eigenvalue weighted by Gasteiger charge is -2.14. The lowest BCUT2D eigenvalue weighted by molar-refractivity contribution is 0.570. The van der Waals surface area contributed by atoms with Crippen molar-refractivity contribution in [1.82, 2.24) is 0 Å². The molecule has 0 aliphatic heterocycles. The first-order chi connectivity index (χ1) is 9.81. The van der Waals surface area contributed by atoms with Crippen LogP contribution in [0.1, 0.15) is 17.3 Å². The highest BCUT2D eigenvalue weighted by molar-refractivity contribution is 9.10. The van der Waals surface area contributed by atoms with Gasteiger partial charge in [-0.3, -0.25) is 4.72 Å². The third-order valence-electron chi connectivity index (χ3n) is 2.82. The second kappa shape index (κ2) is 6.46. The number of benzene rings is 2. The van der Waals surface area contributed by atoms with Crippen LogP contribution in [0.2, 0.25) is 0 Å². The smallest absolute Gasteiger partial charge is 0.264 e. The Hall–Kier alpha value is -0.920. The molecule has 0 aliphatic carbocycles. The van der Waals surface area contributed by atoms with Gasteiger partial charge in [-0.2, -0.15) is 0 Å². The number of para-hydroxylation sites is 1. The van der Waals surface area contributed by atoms with Crippen molar-refractivity contribution in [3.8, 4) is 0 Å². The van der Waals surface area contributed by atoms with Gasteiger partial charge in [-0.1, -0.05) is 50.1 Å². The van der Waals surface area contributed by atoms with Gasteiger partial charge >= 0.3 is 0 Å². The zero-order chi connectivity index (χ0) is 15.6. The topological polar surface area (TPSA) is 46.2 Å². The van der Waals surface area contributed by atoms with E-state index in [4.69, 9.17) is 0 Å². The fourth-order valence-electron chi connectivity index (χ4n) is 1.83. The summed E-state index contributed by atoms with van der Waals surface area (Å²) < 4.78 is 41.4. The highest BCUT2D eigenvalue weighted by Gasteiger charge is 2.21. The maximum Gasteiger partial charge on any atom is 0.264 e. The molecule has 0 heterocycles. The SMILES string of the molecule is CC(Br)c1ccccc1NS(=O)(=O)c1ccc(Br)cc1F. The van der Waals surface area contributed by atoms with Crippen LogP contribution in [-0.2, 0) is 10.0 Å². The van der Waals surface area contributed by atoms with Gasteiger partial charge in [0.05, 0.1) is 5.69 Å². The minimum atomic E-state index is -3.98. The first kappa shape index (κ1) is 16.5. The number of halogens is 3. The summed E-state index contributed by atoms with van der Waals surface area (Å²) in [6.45, 7) is 1.88. The van der Waals surface area contributed by atoms with Crippen molar-refractivity contribution in [2.75, 3.05) is 4.72 Å². The van der Waals surface area contributed by atoms with Crippen molar-refractivity contribution in [2.45, 2.75) is 16.6 Å². The van der Waals surface area contributed by atoms with E-state index in [-0.39, 0.29) is 9.72 Å². The number of hydrogen-bond acceptors (Lipinski definition) is 2. The molecule has 0 bridgehead atoms. The summed E-state index contributed by atoms with van der Waals surface area (Å²) in [5.74, 6) is -0.804. The minimum Gasteiger partial charge on any atom is -0.279 e. The van der Waals surface area contributed by atoms with E-state index in [1.807, 2.05) is 13.0 Å². The van der Waals surface area contributed by atoms with Crippen LogP contribution in [0.25, 0.3) is 0 Å². The Balaban J connectivity index is 2.43. The van der Waals surface area contributed by atoms with E-state index >= 15 is 0 Å². The molecular formula is C14H12Br2FNO2S. The molecule has 0 aliphatic rings. The van der Waals surface area contributed by atoms with E-state index in [1.165, 1.54) is 12.1 Å². The molecule has 7 heteroatoms. The molecule has 1 unspecified atom stereocenters. The molecule has 0 fully saturated rings. The Labute approximate surface area is 139 Å². The highest BCUT2D eigenvalue weighted by Crippen LogP contribution is 2.30. The number of sulfonamides is 1. The van der Waals surface area contributed by atoms with Crippen LogP contribution in [0, 0.1) is 5.82 Å². The monoisotopic (exact) mass is 435 g/mol. The maximum atomic E-state index is 13.8. The molecule has 1 atom stereocenters. The maximum absolute atomic E-state index is 13.8. The van der Waals surface area contributed by atoms with Gasteiger partial charge < -0.3 is 0 Å². The van der Waals surface area contributed by atoms with Crippen LogP contribution >= 0.6 is 31.9 Å². The molecular weight excluding hydrogens is 425 g/mol. The lowest BCUT2D eigenvalue weighted by atomic mass is 10.1. The predicted molar refractivity (Wildman–Crippen MR) is 88.7 cm³/mol. The third kappa shape index (κ3) is 3.84. The molecule has 0 saturated carbocycles. The van der Waals surface area contributed by atoms with E-state index in [0.29, 0.717) is 10.2 Å². The molecule has 21 heavy (non-hydrogen) atoms. The third-order valence-corrected chi connectivity index (χ3v) is 5.20. The van der Waals surface area contributed by atoms with Crippen LogP contribution in [0.4, 0.5) is 10.1 Å². The van der Waals surface area contributed by atoms with E-state index in [2.05, 4.69) is 36.6 Å². The Morgan fingerprint density at radius 3 is 2.48 bits per heavy atom. The second-order valence-corrected chi connectivity index (χ2v) is 8.32. The number of alkyl halides is 1. The van der Waals surface area contributed by atoms with E-state index in [0.717, 1.165) is 11.6 Å². The summed E-state index contributed by atoms with van der Waals surface area (Å²) in [5.41, 5.74) is 1.20. The van der Waals surface area contributed by atoms with Gasteiger partial charge in [-0.25, -0.2) is 12.8 Å². The Kier molecular flexibility index (Phi) is 5.06. The Morgan fingerprint density at radius 2 is 1.86 bits per heavy atom. The van der Waals surface area contributed by atoms with Crippen LogP contribution in [0.3, 0.4) is 0 Å². The van der Waals surface area contributed by atoms with Crippen LogP contribution in [0.15, 0.2) is 51.8 Å². The fraction of sp³-hybridized carbons (Fsp3) is 0.143. The summed E-state index contributed by atoms with van der Waals surface area (Å²) in [6, 6.07) is 10.8. The Bertz CT molecular complexity index is 763. The number of nitrogens with one attached hydrogen (secondary N) is 1. The average Bonchev–Trinajstić information content (AvgIpc) is 2.37. The standard InChI is InChI=1S/C14H12Br2FNO2S/c1-9(15)11-4-2-3-5-13(11)18-21(19,20)14-7-6-10(16)8-12(14)17/h2-9,18H,1H3. The first-order valence-electron chi connectivity index (χ1n) is 6.02. The van der Waals surface area contributed by atoms with E-state index < -0.39 is 15.8 Å². The van der Waals surface area contributed by atoms with Crippen LogP contribution in [0.5, 0.6) is 0 Å². The molecule has 0 saturated heterocycles. The van der Waals surface area contributed by atoms with Gasteiger partial charge in [0.15, 0.2) is 0 Å². The zero-order valence-electron chi connectivity index (χ0n) is 11.0. The van der Waals surface area contributed by atoms with Crippen molar-refractivity contribution in [2.24, 2.45) is 0 Å². The van der Waals surface area contributed by atoms with Gasteiger partial charge in [-0.15, -0.1) is 0 Å². The molecule has 1 N–H and O–H groups in total. The summed E-state index contributed by atoms with van der Waals surface area (Å²) in [4.78, 5) is -0.422. The minimum absolute atomic E-state index is 0.0360.